The topological polar surface area (TPSA) is 26.5 Å². The first-order chi connectivity index (χ1) is 5.47. The van der Waals surface area contributed by atoms with Crippen LogP contribution in [0.5, 0.6) is 0 Å². The normalized spacial score (nSPS) is 14.9. The number of hydrogen-bond donors (Lipinski definition) is 0. The van der Waals surface area contributed by atoms with Crippen LogP contribution in [-0.2, 0) is 0 Å². The minimum Gasteiger partial charge on any atom is -0.291 e. The Balaban J connectivity index is 2.45. The van der Waals surface area contributed by atoms with Crippen LogP contribution in [0, 0.1) is 0 Å². The number of benzene rings is 1. The molecule has 1 heterocycles. The van der Waals surface area contributed by atoms with Crippen LogP contribution in [0.3, 0.4) is 0 Å². The van der Waals surface area contributed by atoms with Crippen LogP contribution in [-0.4, -0.2) is 19.3 Å². The molecule has 55 valence electrons. The highest BCUT2D eigenvalue weighted by atomic mass is 14.9. The SMILES string of the molecule is C1=NCC[N]c2ccccc21. The lowest BCUT2D eigenvalue weighted by atomic mass is 10.2. The molecule has 1 aliphatic heterocycles. The lowest BCUT2D eigenvalue weighted by molar-refractivity contribution is 0.849. The van der Waals surface area contributed by atoms with Gasteiger partial charge in [0.1, 0.15) is 0 Å². The Morgan fingerprint density at radius 1 is 1.09 bits per heavy atom. The molecule has 0 aliphatic carbocycles. The van der Waals surface area contributed by atoms with E-state index in [1.54, 1.807) is 0 Å². The summed E-state index contributed by atoms with van der Waals surface area (Å²) in [5, 5.41) is 4.36. The molecule has 0 bridgehead atoms. The molecule has 0 unspecified atom stereocenters. The van der Waals surface area contributed by atoms with Gasteiger partial charge >= 0.3 is 0 Å². The predicted molar refractivity (Wildman–Crippen MR) is 45.6 cm³/mol. The smallest absolute Gasteiger partial charge is 0.0662 e. The van der Waals surface area contributed by atoms with Gasteiger partial charge in [-0.05, 0) is 6.07 Å². The lowest BCUT2D eigenvalue weighted by Crippen LogP contribution is -2.01. The van der Waals surface area contributed by atoms with Gasteiger partial charge in [-0.1, -0.05) is 18.2 Å². The second kappa shape index (κ2) is 2.74. The Labute approximate surface area is 66.0 Å². The molecule has 0 fully saturated rings. The van der Waals surface area contributed by atoms with E-state index in [4.69, 9.17) is 0 Å². The fourth-order valence-corrected chi connectivity index (χ4v) is 1.13. The first-order valence-corrected chi connectivity index (χ1v) is 3.73. The van der Waals surface area contributed by atoms with Gasteiger partial charge in [-0.2, -0.15) is 0 Å². The van der Waals surface area contributed by atoms with Crippen molar-refractivity contribution in [3.63, 3.8) is 0 Å². The standard InChI is InChI=1S/C9H9N2/c1-2-4-9-8(3-1)7-10-5-6-11-9/h1-4,7H,5-6H2. The number of hydrogen-bond acceptors (Lipinski definition) is 1. The number of fused-ring (bicyclic) bond motifs is 1. The summed E-state index contributed by atoms with van der Waals surface area (Å²) in [6.07, 6.45) is 1.89. The number of benzodiazepines with no additional fused rings is 1. The molecule has 0 atom stereocenters. The largest absolute Gasteiger partial charge is 0.291 e. The Bertz CT molecular complexity index is 279. The third-order valence-corrected chi connectivity index (χ3v) is 1.68. The van der Waals surface area contributed by atoms with Crippen molar-refractivity contribution >= 4 is 11.9 Å². The Kier molecular flexibility index (Phi) is 1.60. The molecule has 2 heteroatoms. The molecular weight excluding hydrogens is 136 g/mol. The van der Waals surface area contributed by atoms with E-state index in [-0.39, 0.29) is 0 Å². The zero-order chi connectivity index (χ0) is 7.52. The zero-order valence-electron chi connectivity index (χ0n) is 6.20. The van der Waals surface area contributed by atoms with E-state index >= 15 is 0 Å². The fourth-order valence-electron chi connectivity index (χ4n) is 1.13. The molecule has 1 aromatic rings. The van der Waals surface area contributed by atoms with E-state index in [1.807, 2.05) is 30.5 Å². The number of aliphatic imine (C=N–C) groups is 1. The highest BCUT2D eigenvalue weighted by Gasteiger charge is 2.01. The van der Waals surface area contributed by atoms with Crippen LogP contribution in [0.4, 0.5) is 5.69 Å². The fraction of sp³-hybridized carbons (Fsp3) is 0.222. The predicted octanol–water partition coefficient (Wildman–Crippen LogP) is 1.35. The first-order valence-electron chi connectivity index (χ1n) is 3.73. The van der Waals surface area contributed by atoms with Gasteiger partial charge in [-0.25, -0.2) is 0 Å². The van der Waals surface area contributed by atoms with Gasteiger partial charge in [-0.15, -0.1) is 0 Å². The van der Waals surface area contributed by atoms with Crippen molar-refractivity contribution in [1.82, 2.24) is 5.32 Å². The van der Waals surface area contributed by atoms with Crippen molar-refractivity contribution in [2.75, 3.05) is 13.1 Å². The Morgan fingerprint density at radius 3 is 3.00 bits per heavy atom. The number of rotatable bonds is 0. The maximum Gasteiger partial charge on any atom is 0.0662 e. The van der Waals surface area contributed by atoms with Gasteiger partial charge in [-0.3, -0.25) is 10.3 Å². The molecule has 11 heavy (non-hydrogen) atoms. The summed E-state index contributed by atoms with van der Waals surface area (Å²) in [5.74, 6) is 0. The van der Waals surface area contributed by atoms with Crippen LogP contribution in [0.25, 0.3) is 0 Å². The summed E-state index contributed by atoms with van der Waals surface area (Å²) in [6, 6.07) is 8.06. The molecule has 1 aromatic carbocycles. The van der Waals surface area contributed by atoms with Crippen molar-refractivity contribution in [2.45, 2.75) is 0 Å². The summed E-state index contributed by atoms with van der Waals surface area (Å²) in [4.78, 5) is 4.19. The minimum atomic E-state index is 0.813. The summed E-state index contributed by atoms with van der Waals surface area (Å²) in [5.41, 5.74) is 2.19. The molecule has 2 nitrogen and oxygen atoms in total. The van der Waals surface area contributed by atoms with E-state index in [0.29, 0.717) is 0 Å². The van der Waals surface area contributed by atoms with Crippen LogP contribution >= 0.6 is 0 Å². The highest BCUT2D eigenvalue weighted by Crippen LogP contribution is 2.13. The van der Waals surface area contributed by atoms with E-state index in [0.717, 1.165) is 24.3 Å². The van der Waals surface area contributed by atoms with Gasteiger partial charge in [0.15, 0.2) is 0 Å². The summed E-state index contributed by atoms with van der Waals surface area (Å²) < 4.78 is 0. The van der Waals surface area contributed by atoms with Crippen molar-refractivity contribution in [1.29, 1.82) is 0 Å². The zero-order valence-corrected chi connectivity index (χ0v) is 6.20. The molecular formula is C9H9N2. The molecule has 0 amide bonds. The van der Waals surface area contributed by atoms with Crippen molar-refractivity contribution in [2.24, 2.45) is 4.99 Å². The van der Waals surface area contributed by atoms with Gasteiger partial charge in [0, 0.05) is 11.8 Å². The van der Waals surface area contributed by atoms with Crippen molar-refractivity contribution in [3.05, 3.63) is 29.8 Å². The molecule has 2 rings (SSSR count). The molecule has 0 saturated carbocycles. The maximum absolute atomic E-state index is 4.36. The van der Waals surface area contributed by atoms with Gasteiger partial charge in [0.05, 0.1) is 18.8 Å². The van der Waals surface area contributed by atoms with Crippen molar-refractivity contribution in [3.8, 4) is 0 Å². The van der Waals surface area contributed by atoms with E-state index in [9.17, 15) is 0 Å². The second-order valence-electron chi connectivity index (χ2n) is 2.48. The average Bonchev–Trinajstić information content (AvgIpc) is 2.28. The average molecular weight is 145 g/mol. The van der Waals surface area contributed by atoms with Gasteiger partial charge in [0.2, 0.25) is 0 Å². The van der Waals surface area contributed by atoms with E-state index in [1.165, 1.54) is 0 Å². The number of para-hydroxylation sites is 1. The monoisotopic (exact) mass is 145 g/mol. The summed E-state index contributed by atoms with van der Waals surface area (Å²) in [6.45, 7) is 1.63. The van der Waals surface area contributed by atoms with Crippen LogP contribution in [0.1, 0.15) is 5.56 Å². The molecule has 0 aromatic heterocycles. The third kappa shape index (κ3) is 1.24. The quantitative estimate of drug-likeness (QED) is 0.527. The summed E-state index contributed by atoms with van der Waals surface area (Å²) >= 11 is 0. The summed E-state index contributed by atoms with van der Waals surface area (Å²) in [7, 11) is 0. The van der Waals surface area contributed by atoms with Crippen LogP contribution in [0.15, 0.2) is 29.3 Å². The molecule has 1 aliphatic rings. The number of nitrogens with zero attached hydrogens (tertiary/aromatic N) is 2. The maximum atomic E-state index is 4.36. The molecule has 0 spiro atoms. The Morgan fingerprint density at radius 2 is 2.00 bits per heavy atom. The van der Waals surface area contributed by atoms with E-state index in [2.05, 4.69) is 10.3 Å². The van der Waals surface area contributed by atoms with Gasteiger partial charge < -0.3 is 0 Å². The molecule has 0 N–H and O–H groups in total. The second-order valence-corrected chi connectivity index (χ2v) is 2.48. The minimum absolute atomic E-state index is 0.813. The third-order valence-electron chi connectivity index (χ3n) is 1.68. The van der Waals surface area contributed by atoms with E-state index < -0.39 is 0 Å². The Hall–Kier alpha value is -1.31. The highest BCUT2D eigenvalue weighted by molar-refractivity contribution is 5.86. The molecule has 1 radical (unpaired) electrons. The molecule has 0 saturated heterocycles. The van der Waals surface area contributed by atoms with Gasteiger partial charge in [0.25, 0.3) is 0 Å². The lowest BCUT2D eigenvalue weighted by Gasteiger charge is -2.00. The van der Waals surface area contributed by atoms with Crippen LogP contribution < -0.4 is 5.32 Å². The first kappa shape index (κ1) is 6.40. The van der Waals surface area contributed by atoms with Crippen LogP contribution in [0.2, 0.25) is 0 Å². The van der Waals surface area contributed by atoms with Crippen molar-refractivity contribution < 1.29 is 0 Å².